The molecule has 1 fully saturated rings. The molecule has 0 radical (unpaired) electrons. The second kappa shape index (κ2) is 10.4. The minimum absolute atomic E-state index is 0.0730. The number of anilines is 1. The molecule has 7 nitrogen and oxygen atoms in total. The number of carbonyl (C=O) groups is 3. The highest BCUT2D eigenvalue weighted by molar-refractivity contribution is 5.98. The van der Waals surface area contributed by atoms with Gasteiger partial charge in [-0.15, -0.1) is 0 Å². The van der Waals surface area contributed by atoms with Crippen molar-refractivity contribution in [1.29, 1.82) is 0 Å². The number of benzene rings is 2. The molecule has 0 bridgehead atoms. The van der Waals surface area contributed by atoms with E-state index in [0.717, 1.165) is 29.7 Å². The normalized spacial score (nSPS) is 18.5. The Kier molecular flexibility index (Phi) is 7.50. The van der Waals surface area contributed by atoms with E-state index in [1.807, 2.05) is 62.1 Å². The first-order chi connectivity index (χ1) is 17.0. The summed E-state index contributed by atoms with van der Waals surface area (Å²) in [5, 5.41) is 0. The van der Waals surface area contributed by atoms with Crippen LogP contribution in [0.25, 0.3) is 11.1 Å². The largest absolute Gasteiger partial charge is 0.444 e. The Bertz CT molecular complexity index is 1130. The SMILES string of the molecule is CC(=O)N1c2ccc(-c3ccc(C(=O)CN4CCN(C(=O)OC(C)(C)C)CC4)cc3)cc2CCC1C. The molecule has 0 N–H and O–H groups in total. The number of ketones is 1. The molecule has 7 heteroatoms. The fraction of sp³-hybridized carbons (Fsp3) is 0.483. The average Bonchev–Trinajstić information content (AvgIpc) is 2.83. The van der Waals surface area contributed by atoms with Crippen LogP contribution in [0, 0.1) is 0 Å². The standard InChI is InChI=1S/C29H37N3O4/c1-20-6-7-25-18-24(12-13-26(25)32(20)21(2)33)22-8-10-23(11-9-22)27(34)19-30-14-16-31(17-15-30)28(35)36-29(3,4)5/h8-13,18,20H,6-7,14-17,19H2,1-5H3. The van der Waals surface area contributed by atoms with Crippen molar-refractivity contribution in [3.8, 4) is 11.1 Å². The van der Waals surface area contributed by atoms with Crippen LogP contribution in [0.1, 0.15) is 57.0 Å². The van der Waals surface area contributed by atoms with Gasteiger partial charge in [0, 0.05) is 50.4 Å². The van der Waals surface area contributed by atoms with E-state index < -0.39 is 5.60 Å². The summed E-state index contributed by atoms with van der Waals surface area (Å²) in [5.74, 6) is 0.147. The third kappa shape index (κ3) is 5.95. The topological polar surface area (TPSA) is 70.2 Å². The molecule has 1 saturated heterocycles. The number of piperazine rings is 1. The van der Waals surface area contributed by atoms with Crippen LogP contribution in [0.15, 0.2) is 42.5 Å². The first-order valence-corrected chi connectivity index (χ1v) is 12.8. The predicted octanol–water partition coefficient (Wildman–Crippen LogP) is 4.78. The molecule has 2 amide bonds. The Morgan fingerprint density at radius 1 is 0.944 bits per heavy atom. The lowest BCUT2D eigenvalue weighted by molar-refractivity contribution is -0.117. The summed E-state index contributed by atoms with van der Waals surface area (Å²) in [4.78, 5) is 43.0. The maximum absolute atomic E-state index is 12.9. The average molecular weight is 492 g/mol. The van der Waals surface area contributed by atoms with E-state index in [4.69, 9.17) is 4.74 Å². The number of hydrogen-bond donors (Lipinski definition) is 0. The number of fused-ring (bicyclic) bond motifs is 1. The maximum atomic E-state index is 12.9. The van der Waals surface area contributed by atoms with Crippen LogP contribution in [0.2, 0.25) is 0 Å². The molecule has 0 aromatic heterocycles. The second-order valence-corrected chi connectivity index (χ2v) is 10.9. The van der Waals surface area contributed by atoms with Crippen molar-refractivity contribution in [3.05, 3.63) is 53.6 Å². The van der Waals surface area contributed by atoms with Crippen molar-refractivity contribution in [3.63, 3.8) is 0 Å². The van der Waals surface area contributed by atoms with Gasteiger partial charge in [0.2, 0.25) is 5.91 Å². The molecule has 4 rings (SSSR count). The predicted molar refractivity (Wildman–Crippen MR) is 141 cm³/mol. The number of ether oxygens (including phenoxy) is 1. The van der Waals surface area contributed by atoms with Gasteiger partial charge in [-0.05, 0) is 69.4 Å². The Hall–Kier alpha value is -3.19. The molecule has 2 aromatic rings. The van der Waals surface area contributed by atoms with Gasteiger partial charge in [0.1, 0.15) is 5.60 Å². The molecule has 1 unspecified atom stereocenters. The van der Waals surface area contributed by atoms with Crippen molar-refractivity contribution < 1.29 is 19.1 Å². The van der Waals surface area contributed by atoms with Gasteiger partial charge < -0.3 is 14.5 Å². The summed E-state index contributed by atoms with van der Waals surface area (Å²) >= 11 is 0. The first-order valence-electron chi connectivity index (χ1n) is 12.8. The fourth-order valence-electron chi connectivity index (χ4n) is 4.97. The highest BCUT2D eigenvalue weighted by atomic mass is 16.6. The van der Waals surface area contributed by atoms with Crippen LogP contribution in [-0.2, 0) is 16.0 Å². The van der Waals surface area contributed by atoms with E-state index in [1.54, 1.807) is 11.8 Å². The van der Waals surface area contributed by atoms with Gasteiger partial charge in [-0.2, -0.15) is 0 Å². The zero-order chi connectivity index (χ0) is 26.0. The molecule has 0 saturated carbocycles. The highest BCUT2D eigenvalue weighted by Crippen LogP contribution is 2.34. The molecule has 2 aromatic carbocycles. The highest BCUT2D eigenvalue weighted by Gasteiger charge is 2.28. The monoisotopic (exact) mass is 491 g/mol. The van der Waals surface area contributed by atoms with Gasteiger partial charge in [-0.25, -0.2) is 4.79 Å². The lowest BCUT2D eigenvalue weighted by Crippen LogP contribution is -2.51. The molecule has 2 heterocycles. The number of aryl methyl sites for hydroxylation is 1. The van der Waals surface area contributed by atoms with Crippen LogP contribution in [0.5, 0.6) is 0 Å². The van der Waals surface area contributed by atoms with Gasteiger partial charge in [-0.1, -0.05) is 30.3 Å². The van der Waals surface area contributed by atoms with E-state index in [2.05, 4.69) is 17.9 Å². The number of carbonyl (C=O) groups excluding carboxylic acids is 3. The maximum Gasteiger partial charge on any atom is 0.410 e. The summed E-state index contributed by atoms with van der Waals surface area (Å²) in [6.07, 6.45) is 1.61. The Morgan fingerprint density at radius 2 is 1.58 bits per heavy atom. The van der Waals surface area contributed by atoms with Crippen LogP contribution in [0.4, 0.5) is 10.5 Å². The Balaban J connectivity index is 1.36. The summed E-state index contributed by atoms with van der Waals surface area (Å²) in [6.45, 7) is 12.0. The zero-order valence-electron chi connectivity index (χ0n) is 22.0. The fourth-order valence-corrected chi connectivity index (χ4v) is 4.97. The number of Topliss-reactive ketones (excluding diaryl/α,β-unsaturated/α-hetero) is 1. The molecule has 192 valence electrons. The van der Waals surface area contributed by atoms with E-state index in [9.17, 15) is 14.4 Å². The molecule has 36 heavy (non-hydrogen) atoms. The van der Waals surface area contributed by atoms with E-state index in [0.29, 0.717) is 38.3 Å². The first kappa shape index (κ1) is 25.9. The number of nitrogens with zero attached hydrogens (tertiary/aromatic N) is 3. The molecular weight excluding hydrogens is 454 g/mol. The van der Waals surface area contributed by atoms with Crippen molar-refractivity contribution in [2.75, 3.05) is 37.6 Å². The number of hydrogen-bond acceptors (Lipinski definition) is 5. The number of amides is 2. The Labute approximate surface area is 214 Å². The second-order valence-electron chi connectivity index (χ2n) is 10.9. The van der Waals surface area contributed by atoms with Crippen molar-refractivity contribution >= 4 is 23.5 Å². The summed E-state index contributed by atoms with van der Waals surface area (Å²) < 4.78 is 5.45. The van der Waals surface area contributed by atoms with Crippen LogP contribution in [0.3, 0.4) is 0 Å². The number of rotatable bonds is 4. The van der Waals surface area contributed by atoms with Gasteiger partial charge in [0.05, 0.1) is 6.54 Å². The van der Waals surface area contributed by atoms with Crippen molar-refractivity contribution in [2.45, 2.75) is 59.1 Å². The molecular formula is C29H37N3O4. The van der Waals surface area contributed by atoms with Gasteiger partial charge in [0.15, 0.2) is 5.78 Å². The third-order valence-corrected chi connectivity index (χ3v) is 6.88. The molecule has 2 aliphatic rings. The smallest absolute Gasteiger partial charge is 0.410 e. The quantitative estimate of drug-likeness (QED) is 0.576. The van der Waals surface area contributed by atoms with Crippen LogP contribution < -0.4 is 4.90 Å². The van der Waals surface area contributed by atoms with Crippen LogP contribution in [-0.4, -0.2) is 72.0 Å². The van der Waals surface area contributed by atoms with Crippen LogP contribution >= 0.6 is 0 Å². The van der Waals surface area contributed by atoms with Crippen molar-refractivity contribution in [2.24, 2.45) is 0 Å². The summed E-state index contributed by atoms with van der Waals surface area (Å²) in [7, 11) is 0. The summed E-state index contributed by atoms with van der Waals surface area (Å²) in [6, 6.07) is 14.2. The third-order valence-electron chi connectivity index (χ3n) is 6.88. The van der Waals surface area contributed by atoms with Gasteiger partial charge in [-0.3, -0.25) is 14.5 Å². The minimum Gasteiger partial charge on any atom is -0.444 e. The molecule has 0 spiro atoms. The van der Waals surface area contributed by atoms with E-state index >= 15 is 0 Å². The van der Waals surface area contributed by atoms with E-state index in [-0.39, 0.29) is 23.8 Å². The summed E-state index contributed by atoms with van der Waals surface area (Å²) in [5.41, 5.74) is 4.50. The zero-order valence-corrected chi connectivity index (χ0v) is 22.0. The molecule has 0 aliphatic carbocycles. The van der Waals surface area contributed by atoms with Gasteiger partial charge >= 0.3 is 6.09 Å². The molecule has 2 aliphatic heterocycles. The minimum atomic E-state index is -0.511. The van der Waals surface area contributed by atoms with E-state index in [1.165, 1.54) is 5.56 Å². The van der Waals surface area contributed by atoms with Gasteiger partial charge in [0.25, 0.3) is 0 Å². The van der Waals surface area contributed by atoms with Crippen molar-refractivity contribution in [1.82, 2.24) is 9.80 Å². The lowest BCUT2D eigenvalue weighted by Gasteiger charge is -2.35. The Morgan fingerprint density at radius 3 is 2.19 bits per heavy atom. The lowest BCUT2D eigenvalue weighted by atomic mass is 9.92. The molecule has 1 atom stereocenters.